The summed E-state index contributed by atoms with van der Waals surface area (Å²) < 4.78 is 1.08. The summed E-state index contributed by atoms with van der Waals surface area (Å²) in [4.78, 5) is 0. The molecule has 0 atom stereocenters. The molecule has 1 aromatic rings. The van der Waals surface area contributed by atoms with Crippen LogP contribution in [0, 0.1) is 5.92 Å². The molecule has 0 heterocycles. The van der Waals surface area contributed by atoms with Crippen LogP contribution in [-0.4, -0.2) is 13.1 Å². The average molecular weight is 331 g/mol. The third kappa shape index (κ3) is 5.13. The van der Waals surface area contributed by atoms with E-state index in [-0.39, 0.29) is 0 Å². The maximum absolute atomic E-state index is 6.04. The van der Waals surface area contributed by atoms with Gasteiger partial charge in [-0.3, -0.25) is 0 Å². The molecule has 0 fully saturated rings. The van der Waals surface area contributed by atoms with Gasteiger partial charge in [-0.1, -0.05) is 60.0 Å². The third-order valence-corrected chi connectivity index (χ3v) is 3.75. The normalized spacial score (nSPS) is 12.2. The number of benzene rings is 1. The van der Waals surface area contributed by atoms with Crippen LogP contribution in [0.25, 0.3) is 6.08 Å². The molecule has 0 spiro atoms. The van der Waals surface area contributed by atoms with Gasteiger partial charge < -0.3 is 5.32 Å². The van der Waals surface area contributed by atoms with Gasteiger partial charge in [-0.2, -0.15) is 0 Å². The van der Waals surface area contributed by atoms with Crippen LogP contribution in [0.1, 0.15) is 32.8 Å². The average Bonchev–Trinajstić information content (AvgIpc) is 2.32. The molecule has 0 amide bonds. The van der Waals surface area contributed by atoms with E-state index in [9.17, 15) is 0 Å². The van der Waals surface area contributed by atoms with E-state index >= 15 is 0 Å². The van der Waals surface area contributed by atoms with Crippen LogP contribution in [0.5, 0.6) is 0 Å². The molecule has 1 aromatic carbocycles. The van der Waals surface area contributed by atoms with Gasteiger partial charge in [-0.15, -0.1) is 0 Å². The molecule has 18 heavy (non-hydrogen) atoms. The van der Waals surface area contributed by atoms with Crippen molar-refractivity contribution in [3.63, 3.8) is 0 Å². The lowest BCUT2D eigenvalue weighted by Crippen LogP contribution is -2.19. The van der Waals surface area contributed by atoms with Crippen LogP contribution < -0.4 is 5.32 Å². The van der Waals surface area contributed by atoms with Gasteiger partial charge in [-0.05, 0) is 42.6 Å². The van der Waals surface area contributed by atoms with Crippen molar-refractivity contribution in [2.75, 3.05) is 13.1 Å². The summed E-state index contributed by atoms with van der Waals surface area (Å²) in [5, 5.41) is 4.23. The molecule has 3 heteroatoms. The molecule has 0 radical (unpaired) electrons. The Labute approximate surface area is 124 Å². The molecule has 100 valence electrons. The quantitative estimate of drug-likeness (QED) is 0.712. The van der Waals surface area contributed by atoms with Gasteiger partial charge in [0.05, 0.1) is 0 Å². The van der Waals surface area contributed by atoms with E-state index in [1.165, 1.54) is 5.57 Å². The predicted octanol–water partition coefficient (Wildman–Crippen LogP) is 5.14. The predicted molar refractivity (Wildman–Crippen MR) is 85.1 cm³/mol. The molecule has 0 bridgehead atoms. The first kappa shape index (κ1) is 15.7. The van der Waals surface area contributed by atoms with E-state index < -0.39 is 0 Å². The fraction of sp³-hybridized carbons (Fsp3) is 0.467. The highest BCUT2D eigenvalue weighted by Gasteiger charge is 2.05. The highest BCUT2D eigenvalue weighted by Crippen LogP contribution is 2.25. The number of nitrogens with one attached hydrogen (secondary N) is 1. The summed E-state index contributed by atoms with van der Waals surface area (Å²) in [6, 6.07) is 5.88. The Hall–Kier alpha value is -0.310. The second-order valence-corrected chi connectivity index (χ2v) is 6.01. The van der Waals surface area contributed by atoms with Gasteiger partial charge in [0, 0.05) is 16.0 Å². The van der Waals surface area contributed by atoms with Crippen molar-refractivity contribution in [2.24, 2.45) is 5.92 Å². The monoisotopic (exact) mass is 329 g/mol. The van der Waals surface area contributed by atoms with Crippen molar-refractivity contribution in [2.45, 2.75) is 27.2 Å². The first-order valence-corrected chi connectivity index (χ1v) is 7.58. The molecule has 0 saturated carbocycles. The molecule has 0 aromatic heterocycles. The molecule has 0 aliphatic rings. The van der Waals surface area contributed by atoms with Gasteiger partial charge in [0.15, 0.2) is 0 Å². The second kappa shape index (κ2) is 7.98. The zero-order valence-electron chi connectivity index (χ0n) is 11.3. The molecule has 0 aliphatic heterocycles. The van der Waals surface area contributed by atoms with Crippen molar-refractivity contribution in [1.82, 2.24) is 5.32 Å². The van der Waals surface area contributed by atoms with Crippen LogP contribution in [0.15, 0.2) is 28.2 Å². The van der Waals surface area contributed by atoms with E-state index in [2.05, 4.69) is 48.1 Å². The topological polar surface area (TPSA) is 12.0 Å². The molecular weight excluding hydrogens is 310 g/mol. The number of hydrogen-bond donors (Lipinski definition) is 1. The Kier molecular flexibility index (Phi) is 6.98. The third-order valence-electron chi connectivity index (χ3n) is 2.80. The van der Waals surface area contributed by atoms with E-state index in [0.29, 0.717) is 5.92 Å². The Bertz CT molecular complexity index is 413. The SMILES string of the molecule is CCCNCC(=Cc1cc(Cl)ccc1Br)C(C)C. The molecule has 1 nitrogen and oxygen atoms in total. The van der Waals surface area contributed by atoms with Gasteiger partial charge in [0.2, 0.25) is 0 Å². The van der Waals surface area contributed by atoms with Crippen molar-refractivity contribution in [1.29, 1.82) is 0 Å². The zero-order chi connectivity index (χ0) is 13.5. The lowest BCUT2D eigenvalue weighted by molar-refractivity contribution is 0.657. The fourth-order valence-corrected chi connectivity index (χ4v) is 2.20. The smallest absolute Gasteiger partial charge is 0.0412 e. The van der Waals surface area contributed by atoms with Crippen molar-refractivity contribution >= 4 is 33.6 Å². The number of rotatable bonds is 6. The van der Waals surface area contributed by atoms with Gasteiger partial charge in [-0.25, -0.2) is 0 Å². The van der Waals surface area contributed by atoms with Gasteiger partial charge >= 0.3 is 0 Å². The second-order valence-electron chi connectivity index (χ2n) is 4.72. The first-order chi connectivity index (χ1) is 8.54. The van der Waals surface area contributed by atoms with E-state index in [1.54, 1.807) is 0 Å². The Morgan fingerprint density at radius 1 is 1.44 bits per heavy atom. The Morgan fingerprint density at radius 2 is 2.17 bits per heavy atom. The lowest BCUT2D eigenvalue weighted by atomic mass is 10.00. The molecule has 0 aliphatic carbocycles. The summed E-state index contributed by atoms with van der Waals surface area (Å²) >= 11 is 9.61. The van der Waals surface area contributed by atoms with E-state index in [1.807, 2.05) is 18.2 Å². The summed E-state index contributed by atoms with van der Waals surface area (Å²) in [6.45, 7) is 8.61. The lowest BCUT2D eigenvalue weighted by Gasteiger charge is -2.13. The van der Waals surface area contributed by atoms with Gasteiger partial charge in [0.1, 0.15) is 0 Å². The molecular formula is C15H21BrClN. The van der Waals surface area contributed by atoms with E-state index in [4.69, 9.17) is 11.6 Å². The van der Waals surface area contributed by atoms with Crippen LogP contribution >= 0.6 is 27.5 Å². The minimum absolute atomic E-state index is 0.528. The fourth-order valence-electron chi connectivity index (χ4n) is 1.66. The first-order valence-electron chi connectivity index (χ1n) is 6.40. The summed E-state index contributed by atoms with van der Waals surface area (Å²) in [7, 11) is 0. The van der Waals surface area contributed by atoms with Crippen molar-refractivity contribution in [3.8, 4) is 0 Å². The Balaban J connectivity index is 2.89. The zero-order valence-corrected chi connectivity index (χ0v) is 13.6. The van der Waals surface area contributed by atoms with Crippen LogP contribution in [0.4, 0.5) is 0 Å². The minimum atomic E-state index is 0.528. The number of hydrogen-bond acceptors (Lipinski definition) is 1. The summed E-state index contributed by atoms with van der Waals surface area (Å²) in [5.41, 5.74) is 2.54. The van der Waals surface area contributed by atoms with Crippen LogP contribution in [0.2, 0.25) is 5.02 Å². The maximum Gasteiger partial charge on any atom is 0.0412 e. The molecule has 1 N–H and O–H groups in total. The van der Waals surface area contributed by atoms with Crippen LogP contribution in [-0.2, 0) is 0 Å². The van der Waals surface area contributed by atoms with Gasteiger partial charge in [0.25, 0.3) is 0 Å². The van der Waals surface area contributed by atoms with E-state index in [0.717, 1.165) is 34.6 Å². The highest BCUT2D eigenvalue weighted by atomic mass is 79.9. The largest absolute Gasteiger partial charge is 0.313 e. The molecule has 1 rings (SSSR count). The maximum atomic E-state index is 6.04. The van der Waals surface area contributed by atoms with Crippen molar-refractivity contribution < 1.29 is 0 Å². The summed E-state index contributed by atoms with van der Waals surface area (Å²) in [5.74, 6) is 0.528. The molecule has 0 saturated heterocycles. The number of halogens is 2. The van der Waals surface area contributed by atoms with Crippen molar-refractivity contribution in [3.05, 3.63) is 38.8 Å². The Morgan fingerprint density at radius 3 is 2.78 bits per heavy atom. The molecule has 0 unspecified atom stereocenters. The summed E-state index contributed by atoms with van der Waals surface area (Å²) in [6.07, 6.45) is 3.38. The standard InChI is InChI=1S/C15H21BrClN/c1-4-7-18-10-13(11(2)3)8-12-9-14(17)5-6-15(12)16/h5-6,8-9,11,18H,4,7,10H2,1-3H3. The highest BCUT2D eigenvalue weighted by molar-refractivity contribution is 9.10. The minimum Gasteiger partial charge on any atom is -0.313 e. The van der Waals surface area contributed by atoms with Crippen LogP contribution in [0.3, 0.4) is 0 Å².